The van der Waals surface area contributed by atoms with Gasteiger partial charge in [0.15, 0.2) is 0 Å². The van der Waals surface area contributed by atoms with Crippen LogP contribution in [0.15, 0.2) is 36.8 Å². The Kier molecular flexibility index (Phi) is 3.50. The van der Waals surface area contributed by atoms with E-state index in [9.17, 15) is 4.39 Å². The quantitative estimate of drug-likeness (QED) is 0.619. The summed E-state index contributed by atoms with van der Waals surface area (Å²) in [4.78, 5) is 11.6. The number of halogens is 2. The molecular formula is C16H12ClFN6. The molecule has 0 saturated carbocycles. The van der Waals surface area contributed by atoms with Crippen LogP contribution in [0.1, 0.15) is 11.3 Å². The second-order valence-corrected chi connectivity index (χ2v) is 5.80. The number of hydrogen-bond acceptors (Lipinski definition) is 4. The maximum atomic E-state index is 13.6. The number of benzene rings is 1. The SMILES string of the molecule is Cc1c(-c2ncnc3[nH]ccc23)nnn1Cc1ccc(Cl)c(F)c1. The first-order valence-electron chi connectivity index (χ1n) is 7.26. The van der Waals surface area contributed by atoms with Crippen LogP contribution in [0.3, 0.4) is 0 Å². The molecule has 0 spiro atoms. The highest BCUT2D eigenvalue weighted by atomic mass is 35.5. The number of nitrogens with one attached hydrogen (secondary N) is 1. The topological polar surface area (TPSA) is 72.3 Å². The molecule has 0 fully saturated rings. The van der Waals surface area contributed by atoms with Gasteiger partial charge in [0.1, 0.15) is 29.2 Å². The molecule has 0 radical (unpaired) electrons. The van der Waals surface area contributed by atoms with E-state index in [1.807, 2.05) is 13.0 Å². The lowest BCUT2D eigenvalue weighted by molar-refractivity contribution is 0.609. The minimum Gasteiger partial charge on any atom is -0.346 e. The summed E-state index contributed by atoms with van der Waals surface area (Å²) < 4.78 is 15.3. The number of rotatable bonds is 3. The van der Waals surface area contributed by atoms with Gasteiger partial charge in [0, 0.05) is 11.6 Å². The first kappa shape index (κ1) is 14.8. The van der Waals surface area contributed by atoms with Crippen molar-refractivity contribution in [2.45, 2.75) is 13.5 Å². The van der Waals surface area contributed by atoms with E-state index in [-0.39, 0.29) is 5.02 Å². The van der Waals surface area contributed by atoms with Crippen molar-refractivity contribution in [2.75, 3.05) is 0 Å². The second kappa shape index (κ2) is 5.68. The van der Waals surface area contributed by atoms with Gasteiger partial charge in [0.2, 0.25) is 0 Å². The van der Waals surface area contributed by atoms with Gasteiger partial charge in [-0.1, -0.05) is 22.9 Å². The lowest BCUT2D eigenvalue weighted by Crippen LogP contribution is -2.04. The Labute approximate surface area is 141 Å². The predicted octanol–water partition coefficient (Wildman–Crippen LogP) is 3.37. The average molecular weight is 343 g/mol. The van der Waals surface area contributed by atoms with Gasteiger partial charge in [-0.15, -0.1) is 5.10 Å². The lowest BCUT2D eigenvalue weighted by atomic mass is 10.2. The van der Waals surface area contributed by atoms with E-state index in [0.717, 1.165) is 22.3 Å². The third-order valence-corrected chi connectivity index (χ3v) is 4.18. The maximum Gasteiger partial charge on any atom is 0.142 e. The minimum absolute atomic E-state index is 0.102. The number of fused-ring (bicyclic) bond motifs is 1. The molecule has 0 aliphatic carbocycles. The molecule has 0 bridgehead atoms. The van der Waals surface area contributed by atoms with E-state index in [2.05, 4.69) is 25.3 Å². The summed E-state index contributed by atoms with van der Waals surface area (Å²) in [6.45, 7) is 2.30. The molecule has 0 amide bonds. The van der Waals surface area contributed by atoms with Crippen LogP contribution >= 0.6 is 11.6 Å². The summed E-state index contributed by atoms with van der Waals surface area (Å²) >= 11 is 5.72. The largest absolute Gasteiger partial charge is 0.346 e. The first-order chi connectivity index (χ1) is 11.6. The molecular weight excluding hydrogens is 331 g/mol. The second-order valence-electron chi connectivity index (χ2n) is 5.39. The van der Waals surface area contributed by atoms with Gasteiger partial charge in [-0.3, -0.25) is 0 Å². The third kappa shape index (κ3) is 2.43. The fraction of sp³-hybridized carbons (Fsp3) is 0.125. The lowest BCUT2D eigenvalue weighted by Gasteiger charge is -2.05. The Balaban J connectivity index is 1.73. The number of nitrogens with zero attached hydrogens (tertiary/aromatic N) is 5. The van der Waals surface area contributed by atoms with Crippen molar-refractivity contribution >= 4 is 22.6 Å². The number of hydrogen-bond donors (Lipinski definition) is 1. The molecule has 0 atom stereocenters. The van der Waals surface area contributed by atoms with Gasteiger partial charge in [0.05, 0.1) is 17.3 Å². The van der Waals surface area contributed by atoms with Crippen LogP contribution in [-0.2, 0) is 6.54 Å². The number of aromatic amines is 1. The van der Waals surface area contributed by atoms with Crippen LogP contribution in [0.2, 0.25) is 5.02 Å². The Morgan fingerprint density at radius 1 is 1.21 bits per heavy atom. The van der Waals surface area contributed by atoms with Crippen LogP contribution in [0.4, 0.5) is 4.39 Å². The Hall–Kier alpha value is -2.80. The van der Waals surface area contributed by atoms with Gasteiger partial charge in [0.25, 0.3) is 0 Å². The number of H-pyrrole nitrogens is 1. The first-order valence-corrected chi connectivity index (χ1v) is 7.64. The van der Waals surface area contributed by atoms with Crippen LogP contribution in [-0.4, -0.2) is 29.9 Å². The van der Waals surface area contributed by atoms with Crippen molar-refractivity contribution in [3.63, 3.8) is 0 Å². The van der Waals surface area contributed by atoms with Crippen molar-refractivity contribution < 1.29 is 4.39 Å². The molecule has 0 aliphatic heterocycles. The summed E-state index contributed by atoms with van der Waals surface area (Å²) in [5.74, 6) is -0.447. The summed E-state index contributed by atoms with van der Waals surface area (Å²) in [5.41, 5.74) is 3.73. The van der Waals surface area contributed by atoms with Crippen molar-refractivity contribution in [3.05, 3.63) is 58.9 Å². The zero-order valence-corrected chi connectivity index (χ0v) is 13.4. The molecule has 8 heteroatoms. The van der Waals surface area contributed by atoms with Crippen LogP contribution in [0, 0.1) is 12.7 Å². The Morgan fingerprint density at radius 2 is 2.08 bits per heavy atom. The van der Waals surface area contributed by atoms with Crippen molar-refractivity contribution in [3.8, 4) is 11.4 Å². The van der Waals surface area contributed by atoms with E-state index in [1.165, 1.54) is 18.5 Å². The molecule has 3 heterocycles. The standard InChI is InChI=1S/C16H12ClFN6/c1-9-14(15-11-4-5-19-16(11)21-8-20-15)22-23-24(9)7-10-2-3-12(17)13(18)6-10/h2-6,8H,7H2,1H3,(H,19,20,21). The van der Waals surface area contributed by atoms with Crippen molar-refractivity contribution in [2.24, 2.45) is 0 Å². The summed E-state index contributed by atoms with van der Waals surface area (Å²) in [7, 11) is 0. The van der Waals surface area contributed by atoms with Gasteiger partial charge >= 0.3 is 0 Å². The van der Waals surface area contributed by atoms with Crippen LogP contribution in [0.5, 0.6) is 0 Å². The Bertz CT molecular complexity index is 1040. The summed E-state index contributed by atoms with van der Waals surface area (Å²) in [6, 6.07) is 6.60. The summed E-state index contributed by atoms with van der Waals surface area (Å²) in [5, 5.41) is 9.39. The fourth-order valence-electron chi connectivity index (χ4n) is 2.60. The smallest absolute Gasteiger partial charge is 0.142 e. The molecule has 0 aliphatic rings. The van der Waals surface area contributed by atoms with E-state index >= 15 is 0 Å². The Morgan fingerprint density at radius 3 is 2.92 bits per heavy atom. The predicted molar refractivity (Wildman–Crippen MR) is 88.2 cm³/mol. The molecule has 0 unspecified atom stereocenters. The van der Waals surface area contributed by atoms with E-state index in [1.54, 1.807) is 16.9 Å². The molecule has 0 saturated heterocycles. The van der Waals surface area contributed by atoms with Crippen molar-refractivity contribution in [1.29, 1.82) is 0 Å². The van der Waals surface area contributed by atoms with Crippen LogP contribution in [0.25, 0.3) is 22.4 Å². The van der Waals surface area contributed by atoms with E-state index < -0.39 is 5.82 Å². The fourth-order valence-corrected chi connectivity index (χ4v) is 2.72. The molecule has 4 aromatic rings. The molecule has 3 aromatic heterocycles. The summed E-state index contributed by atoms with van der Waals surface area (Å²) in [6.07, 6.45) is 3.29. The normalized spacial score (nSPS) is 11.3. The molecule has 1 N–H and O–H groups in total. The minimum atomic E-state index is -0.447. The number of aromatic nitrogens is 6. The van der Waals surface area contributed by atoms with E-state index in [4.69, 9.17) is 11.6 Å². The highest BCUT2D eigenvalue weighted by Crippen LogP contribution is 2.26. The van der Waals surface area contributed by atoms with Gasteiger partial charge < -0.3 is 4.98 Å². The van der Waals surface area contributed by atoms with Crippen molar-refractivity contribution in [1.82, 2.24) is 29.9 Å². The maximum absolute atomic E-state index is 13.6. The monoisotopic (exact) mass is 342 g/mol. The highest BCUT2D eigenvalue weighted by molar-refractivity contribution is 6.30. The average Bonchev–Trinajstić information content (AvgIpc) is 3.18. The molecule has 120 valence electrons. The molecule has 24 heavy (non-hydrogen) atoms. The molecule has 1 aromatic carbocycles. The van der Waals surface area contributed by atoms with Gasteiger partial charge in [-0.05, 0) is 30.7 Å². The zero-order chi connectivity index (χ0) is 16.7. The van der Waals surface area contributed by atoms with Gasteiger partial charge in [-0.2, -0.15) is 0 Å². The van der Waals surface area contributed by atoms with Crippen LogP contribution < -0.4 is 0 Å². The molecule has 4 rings (SSSR count). The van der Waals surface area contributed by atoms with E-state index in [0.29, 0.717) is 17.9 Å². The van der Waals surface area contributed by atoms with Gasteiger partial charge in [-0.25, -0.2) is 19.0 Å². The highest BCUT2D eigenvalue weighted by Gasteiger charge is 2.16. The third-order valence-electron chi connectivity index (χ3n) is 3.88. The zero-order valence-electron chi connectivity index (χ0n) is 12.7. The molecule has 6 nitrogen and oxygen atoms in total.